The summed E-state index contributed by atoms with van der Waals surface area (Å²) in [4.78, 5) is 11.3. The normalized spacial score (nSPS) is 11.0. The maximum absolute atomic E-state index is 11.3. The fourth-order valence-corrected chi connectivity index (χ4v) is 2.52. The highest BCUT2D eigenvalue weighted by Crippen LogP contribution is 2.30. The van der Waals surface area contributed by atoms with Gasteiger partial charge in [-0.15, -0.1) is 0 Å². The van der Waals surface area contributed by atoms with Crippen LogP contribution in [0, 0.1) is 0 Å². The number of rotatable bonds is 3. The Labute approximate surface area is 127 Å². The van der Waals surface area contributed by atoms with Crippen LogP contribution in [0.25, 0.3) is 21.9 Å². The molecule has 3 aromatic rings. The Morgan fingerprint density at radius 1 is 0.955 bits per heavy atom. The first-order valence-electron chi connectivity index (χ1n) is 6.85. The van der Waals surface area contributed by atoms with E-state index in [1.54, 1.807) is 24.3 Å². The van der Waals surface area contributed by atoms with Crippen LogP contribution in [0.2, 0.25) is 0 Å². The third-order valence-electron chi connectivity index (χ3n) is 3.68. The molecule has 0 aromatic heterocycles. The monoisotopic (exact) mass is 293 g/mol. The third kappa shape index (κ3) is 2.57. The van der Waals surface area contributed by atoms with Gasteiger partial charge in [-0.3, -0.25) is 4.79 Å². The molecule has 110 valence electrons. The lowest BCUT2D eigenvalue weighted by atomic mass is 9.96. The van der Waals surface area contributed by atoms with Crippen molar-refractivity contribution in [2.75, 3.05) is 0 Å². The molecular formula is C18H15NO3. The van der Waals surface area contributed by atoms with Crippen molar-refractivity contribution in [1.29, 1.82) is 0 Å². The van der Waals surface area contributed by atoms with Crippen LogP contribution in [0.4, 0.5) is 0 Å². The standard InChI is InChI=1S/C18H15NO3/c19-17(20)14-8-9-16-13(10-14)2-1-3-15(16)11-4-6-12(7-5-11)18(21)22/h1-10,18,21-22H,(H2,19,20). The number of primary amides is 1. The van der Waals surface area contributed by atoms with E-state index in [0.717, 1.165) is 21.9 Å². The Balaban J connectivity index is 2.12. The van der Waals surface area contributed by atoms with E-state index in [2.05, 4.69) is 0 Å². The van der Waals surface area contributed by atoms with Gasteiger partial charge in [-0.2, -0.15) is 0 Å². The molecule has 0 aliphatic heterocycles. The number of carbonyl (C=O) groups is 1. The van der Waals surface area contributed by atoms with Crippen molar-refractivity contribution < 1.29 is 15.0 Å². The Morgan fingerprint density at radius 2 is 1.68 bits per heavy atom. The van der Waals surface area contributed by atoms with E-state index >= 15 is 0 Å². The first kappa shape index (κ1) is 14.3. The third-order valence-corrected chi connectivity index (χ3v) is 3.68. The molecule has 4 N–H and O–H groups in total. The molecule has 0 saturated heterocycles. The highest BCUT2D eigenvalue weighted by Gasteiger charge is 2.08. The van der Waals surface area contributed by atoms with Gasteiger partial charge in [-0.05, 0) is 34.0 Å². The van der Waals surface area contributed by atoms with Crippen LogP contribution >= 0.6 is 0 Å². The van der Waals surface area contributed by atoms with E-state index < -0.39 is 12.2 Å². The van der Waals surface area contributed by atoms with Crippen LogP contribution < -0.4 is 5.73 Å². The molecule has 4 nitrogen and oxygen atoms in total. The molecule has 0 fully saturated rings. The van der Waals surface area contributed by atoms with Crippen molar-refractivity contribution in [3.8, 4) is 11.1 Å². The minimum atomic E-state index is -1.47. The summed E-state index contributed by atoms with van der Waals surface area (Å²) in [5, 5.41) is 20.2. The average molecular weight is 293 g/mol. The second kappa shape index (κ2) is 5.60. The topological polar surface area (TPSA) is 83.6 Å². The van der Waals surface area contributed by atoms with Crippen LogP contribution in [0.5, 0.6) is 0 Å². The minimum absolute atomic E-state index is 0.444. The zero-order valence-electron chi connectivity index (χ0n) is 11.7. The maximum atomic E-state index is 11.3. The number of nitrogens with two attached hydrogens (primary N) is 1. The van der Waals surface area contributed by atoms with Crippen molar-refractivity contribution in [3.63, 3.8) is 0 Å². The van der Waals surface area contributed by atoms with Crippen LogP contribution in [-0.2, 0) is 0 Å². The van der Waals surface area contributed by atoms with Crippen molar-refractivity contribution in [3.05, 3.63) is 71.8 Å². The molecule has 4 heteroatoms. The number of hydrogen-bond acceptors (Lipinski definition) is 3. The lowest BCUT2D eigenvalue weighted by molar-refractivity contribution is -0.0424. The quantitative estimate of drug-likeness (QED) is 0.649. The summed E-state index contributed by atoms with van der Waals surface area (Å²) in [5.41, 5.74) is 8.20. The predicted molar refractivity (Wildman–Crippen MR) is 85.1 cm³/mol. The summed E-state index contributed by atoms with van der Waals surface area (Å²) in [6.07, 6.45) is -1.47. The van der Waals surface area contributed by atoms with E-state index in [-0.39, 0.29) is 0 Å². The van der Waals surface area contributed by atoms with Crippen molar-refractivity contribution >= 4 is 16.7 Å². The second-order valence-corrected chi connectivity index (χ2v) is 5.10. The van der Waals surface area contributed by atoms with Gasteiger partial charge in [0.2, 0.25) is 5.91 Å². The van der Waals surface area contributed by atoms with Gasteiger partial charge >= 0.3 is 0 Å². The number of aliphatic hydroxyl groups excluding tert-OH is 1. The summed E-state index contributed by atoms with van der Waals surface area (Å²) in [5.74, 6) is -0.450. The van der Waals surface area contributed by atoms with Crippen LogP contribution in [-0.4, -0.2) is 16.1 Å². The second-order valence-electron chi connectivity index (χ2n) is 5.10. The minimum Gasteiger partial charge on any atom is -0.366 e. The first-order valence-corrected chi connectivity index (χ1v) is 6.85. The van der Waals surface area contributed by atoms with Crippen molar-refractivity contribution in [1.82, 2.24) is 0 Å². The molecule has 0 heterocycles. The molecule has 1 amide bonds. The Morgan fingerprint density at radius 3 is 2.32 bits per heavy atom. The molecule has 0 saturated carbocycles. The summed E-state index contributed by atoms with van der Waals surface area (Å²) < 4.78 is 0. The number of fused-ring (bicyclic) bond motifs is 1. The molecule has 0 bridgehead atoms. The summed E-state index contributed by atoms with van der Waals surface area (Å²) in [6, 6.07) is 18.2. The molecule has 0 unspecified atom stereocenters. The lowest BCUT2D eigenvalue weighted by Crippen LogP contribution is -2.10. The highest BCUT2D eigenvalue weighted by atomic mass is 16.5. The van der Waals surface area contributed by atoms with Gasteiger partial charge in [0.05, 0.1) is 0 Å². The Bertz CT molecular complexity index is 839. The van der Waals surface area contributed by atoms with Gasteiger partial charge in [-0.1, -0.05) is 48.5 Å². The van der Waals surface area contributed by atoms with Crippen LogP contribution in [0.3, 0.4) is 0 Å². The summed E-state index contributed by atoms with van der Waals surface area (Å²) >= 11 is 0. The number of amides is 1. The molecule has 0 radical (unpaired) electrons. The van der Waals surface area contributed by atoms with Crippen molar-refractivity contribution in [2.45, 2.75) is 6.29 Å². The number of hydrogen-bond donors (Lipinski definition) is 3. The first-order chi connectivity index (χ1) is 10.6. The molecule has 0 aliphatic rings. The van der Waals surface area contributed by atoms with E-state index in [1.807, 2.05) is 36.4 Å². The molecule has 22 heavy (non-hydrogen) atoms. The van der Waals surface area contributed by atoms with E-state index in [9.17, 15) is 4.79 Å². The van der Waals surface area contributed by atoms with Gasteiger partial charge in [0.1, 0.15) is 0 Å². The average Bonchev–Trinajstić information content (AvgIpc) is 2.53. The Kier molecular flexibility index (Phi) is 3.63. The molecule has 0 atom stereocenters. The smallest absolute Gasteiger partial charge is 0.248 e. The molecular weight excluding hydrogens is 278 g/mol. The SMILES string of the molecule is NC(=O)c1ccc2c(-c3ccc(C(O)O)cc3)cccc2c1. The zero-order valence-corrected chi connectivity index (χ0v) is 11.7. The van der Waals surface area contributed by atoms with Gasteiger partial charge in [0, 0.05) is 11.1 Å². The largest absolute Gasteiger partial charge is 0.366 e. The molecule has 3 aromatic carbocycles. The lowest BCUT2D eigenvalue weighted by Gasteiger charge is -2.09. The van der Waals surface area contributed by atoms with Crippen LogP contribution in [0.1, 0.15) is 22.2 Å². The number of carbonyl (C=O) groups excluding carboxylic acids is 1. The number of benzene rings is 3. The van der Waals surface area contributed by atoms with Crippen LogP contribution in [0.15, 0.2) is 60.7 Å². The Hall–Kier alpha value is -2.69. The van der Waals surface area contributed by atoms with Crippen molar-refractivity contribution in [2.24, 2.45) is 5.73 Å². The number of aliphatic hydroxyl groups is 2. The van der Waals surface area contributed by atoms with E-state index in [0.29, 0.717) is 11.1 Å². The molecule has 3 rings (SSSR count). The predicted octanol–water partition coefficient (Wildman–Crippen LogP) is 2.59. The molecule has 0 spiro atoms. The summed E-state index contributed by atoms with van der Waals surface area (Å²) in [6.45, 7) is 0. The molecule has 0 aliphatic carbocycles. The van der Waals surface area contributed by atoms with Gasteiger partial charge in [0.25, 0.3) is 0 Å². The summed E-state index contributed by atoms with van der Waals surface area (Å²) in [7, 11) is 0. The van der Waals surface area contributed by atoms with Gasteiger partial charge < -0.3 is 15.9 Å². The zero-order chi connectivity index (χ0) is 15.7. The fourth-order valence-electron chi connectivity index (χ4n) is 2.52. The van der Waals surface area contributed by atoms with E-state index in [4.69, 9.17) is 15.9 Å². The van der Waals surface area contributed by atoms with E-state index in [1.165, 1.54) is 0 Å². The maximum Gasteiger partial charge on any atom is 0.248 e. The van der Waals surface area contributed by atoms with Gasteiger partial charge in [0.15, 0.2) is 6.29 Å². The fraction of sp³-hybridized carbons (Fsp3) is 0.0556. The van der Waals surface area contributed by atoms with Gasteiger partial charge in [-0.25, -0.2) is 0 Å². The highest BCUT2D eigenvalue weighted by molar-refractivity contribution is 6.02.